The SMILES string of the molecule is CCC(C(=O)O)C1(N)CCCC1. The summed E-state index contributed by atoms with van der Waals surface area (Å²) in [6, 6.07) is 0. The molecule has 1 aliphatic carbocycles. The molecule has 0 aliphatic heterocycles. The minimum absolute atomic E-state index is 0.347. The Morgan fingerprint density at radius 3 is 2.42 bits per heavy atom. The van der Waals surface area contributed by atoms with Crippen molar-refractivity contribution in [3.05, 3.63) is 0 Å². The molecule has 0 amide bonds. The van der Waals surface area contributed by atoms with Crippen LogP contribution in [0.1, 0.15) is 39.0 Å². The van der Waals surface area contributed by atoms with Gasteiger partial charge < -0.3 is 10.8 Å². The summed E-state index contributed by atoms with van der Waals surface area (Å²) in [4.78, 5) is 10.8. The average Bonchev–Trinajstić information content (AvgIpc) is 2.37. The Kier molecular flexibility index (Phi) is 2.73. The van der Waals surface area contributed by atoms with Gasteiger partial charge in [0, 0.05) is 5.54 Å². The Bertz CT molecular complexity index is 173. The summed E-state index contributed by atoms with van der Waals surface area (Å²) in [5, 5.41) is 8.92. The van der Waals surface area contributed by atoms with Gasteiger partial charge in [0.25, 0.3) is 0 Å². The van der Waals surface area contributed by atoms with Crippen molar-refractivity contribution in [2.45, 2.75) is 44.6 Å². The van der Waals surface area contributed by atoms with Gasteiger partial charge in [0.2, 0.25) is 0 Å². The summed E-state index contributed by atoms with van der Waals surface area (Å²) in [7, 11) is 0. The minimum atomic E-state index is -0.734. The van der Waals surface area contributed by atoms with E-state index in [2.05, 4.69) is 0 Å². The molecule has 0 radical (unpaired) electrons. The highest BCUT2D eigenvalue weighted by molar-refractivity contribution is 5.71. The van der Waals surface area contributed by atoms with Crippen LogP contribution in [0.5, 0.6) is 0 Å². The van der Waals surface area contributed by atoms with Crippen LogP contribution in [0.15, 0.2) is 0 Å². The van der Waals surface area contributed by atoms with Gasteiger partial charge in [-0.1, -0.05) is 19.8 Å². The van der Waals surface area contributed by atoms with Crippen molar-refractivity contribution in [1.29, 1.82) is 0 Å². The van der Waals surface area contributed by atoms with Crippen LogP contribution >= 0.6 is 0 Å². The number of hydrogen-bond acceptors (Lipinski definition) is 2. The van der Waals surface area contributed by atoms with Crippen LogP contribution in [0.3, 0.4) is 0 Å². The lowest BCUT2D eigenvalue weighted by Crippen LogP contribution is -2.47. The second-order valence-electron chi connectivity index (χ2n) is 3.74. The molecular formula is C9H17NO2. The molecule has 1 unspecified atom stereocenters. The molecular weight excluding hydrogens is 154 g/mol. The molecule has 1 saturated carbocycles. The topological polar surface area (TPSA) is 63.3 Å². The van der Waals surface area contributed by atoms with Gasteiger partial charge in [-0.05, 0) is 19.3 Å². The van der Waals surface area contributed by atoms with E-state index in [-0.39, 0.29) is 5.92 Å². The zero-order valence-corrected chi connectivity index (χ0v) is 7.55. The van der Waals surface area contributed by atoms with Crippen molar-refractivity contribution in [2.24, 2.45) is 11.7 Å². The highest BCUT2D eigenvalue weighted by atomic mass is 16.4. The fourth-order valence-electron chi connectivity index (χ4n) is 2.21. The van der Waals surface area contributed by atoms with E-state index in [0.29, 0.717) is 6.42 Å². The Balaban J connectivity index is 2.69. The first-order valence-electron chi connectivity index (χ1n) is 4.62. The van der Waals surface area contributed by atoms with Gasteiger partial charge >= 0.3 is 5.97 Å². The molecule has 1 aliphatic rings. The first-order valence-corrected chi connectivity index (χ1v) is 4.62. The maximum Gasteiger partial charge on any atom is 0.308 e. The quantitative estimate of drug-likeness (QED) is 0.674. The summed E-state index contributed by atoms with van der Waals surface area (Å²) in [5.41, 5.74) is 5.62. The summed E-state index contributed by atoms with van der Waals surface area (Å²) in [5.74, 6) is -1.08. The van der Waals surface area contributed by atoms with Crippen LogP contribution in [0, 0.1) is 5.92 Å². The van der Waals surface area contributed by atoms with Crippen LogP contribution in [0.25, 0.3) is 0 Å². The molecule has 3 N–H and O–H groups in total. The second kappa shape index (κ2) is 3.44. The van der Waals surface area contributed by atoms with Gasteiger partial charge in [-0.3, -0.25) is 4.79 Å². The third-order valence-corrected chi connectivity index (χ3v) is 2.93. The van der Waals surface area contributed by atoms with Crippen LogP contribution in [-0.2, 0) is 4.79 Å². The predicted molar refractivity (Wildman–Crippen MR) is 46.8 cm³/mol. The van der Waals surface area contributed by atoms with Gasteiger partial charge in [0.1, 0.15) is 0 Å². The standard InChI is InChI=1S/C9H17NO2/c1-2-7(8(11)12)9(10)5-3-4-6-9/h7H,2-6,10H2,1H3,(H,11,12). The second-order valence-corrected chi connectivity index (χ2v) is 3.74. The highest BCUT2D eigenvalue weighted by Crippen LogP contribution is 2.35. The lowest BCUT2D eigenvalue weighted by atomic mass is 9.81. The Hall–Kier alpha value is -0.570. The zero-order valence-electron chi connectivity index (χ0n) is 7.55. The Morgan fingerprint density at radius 2 is 2.08 bits per heavy atom. The van der Waals surface area contributed by atoms with E-state index in [1.807, 2.05) is 6.92 Å². The summed E-state index contributed by atoms with van der Waals surface area (Å²) in [6.45, 7) is 1.89. The van der Waals surface area contributed by atoms with E-state index in [9.17, 15) is 4.79 Å². The molecule has 1 rings (SSSR count). The average molecular weight is 171 g/mol. The number of carboxylic acids is 1. The summed E-state index contributed by atoms with van der Waals surface area (Å²) >= 11 is 0. The van der Waals surface area contributed by atoms with Crippen molar-refractivity contribution < 1.29 is 9.90 Å². The number of hydrogen-bond donors (Lipinski definition) is 2. The number of rotatable bonds is 3. The van der Waals surface area contributed by atoms with Gasteiger partial charge in [-0.15, -0.1) is 0 Å². The smallest absolute Gasteiger partial charge is 0.308 e. The van der Waals surface area contributed by atoms with E-state index in [4.69, 9.17) is 10.8 Å². The van der Waals surface area contributed by atoms with Crippen molar-refractivity contribution in [3.8, 4) is 0 Å². The van der Waals surface area contributed by atoms with E-state index >= 15 is 0 Å². The minimum Gasteiger partial charge on any atom is -0.481 e. The van der Waals surface area contributed by atoms with Gasteiger partial charge in [-0.25, -0.2) is 0 Å². The fourth-order valence-corrected chi connectivity index (χ4v) is 2.21. The highest BCUT2D eigenvalue weighted by Gasteiger charge is 2.40. The van der Waals surface area contributed by atoms with Crippen LogP contribution in [0.4, 0.5) is 0 Å². The molecule has 1 fully saturated rings. The number of aliphatic carboxylic acids is 1. The van der Waals surface area contributed by atoms with Crippen LogP contribution in [0.2, 0.25) is 0 Å². The van der Waals surface area contributed by atoms with Gasteiger partial charge in [0.15, 0.2) is 0 Å². The number of carboxylic acid groups (broad SMARTS) is 1. The molecule has 0 spiro atoms. The van der Waals surface area contributed by atoms with Gasteiger partial charge in [-0.2, -0.15) is 0 Å². The molecule has 0 aromatic heterocycles. The fraction of sp³-hybridized carbons (Fsp3) is 0.889. The van der Waals surface area contributed by atoms with Gasteiger partial charge in [0.05, 0.1) is 5.92 Å². The van der Waals surface area contributed by atoms with Crippen molar-refractivity contribution in [3.63, 3.8) is 0 Å². The molecule has 0 bridgehead atoms. The lowest BCUT2D eigenvalue weighted by molar-refractivity contribution is -0.144. The third kappa shape index (κ3) is 1.61. The summed E-state index contributed by atoms with van der Waals surface area (Å²) in [6.07, 6.45) is 4.56. The largest absolute Gasteiger partial charge is 0.481 e. The van der Waals surface area contributed by atoms with E-state index in [1.165, 1.54) is 0 Å². The first kappa shape index (κ1) is 9.52. The Morgan fingerprint density at radius 1 is 1.58 bits per heavy atom. The summed E-state index contributed by atoms with van der Waals surface area (Å²) < 4.78 is 0. The van der Waals surface area contributed by atoms with E-state index in [0.717, 1.165) is 25.7 Å². The number of nitrogens with two attached hydrogens (primary N) is 1. The molecule has 1 atom stereocenters. The van der Waals surface area contributed by atoms with E-state index < -0.39 is 11.5 Å². The molecule has 12 heavy (non-hydrogen) atoms. The lowest BCUT2D eigenvalue weighted by Gasteiger charge is -2.29. The zero-order chi connectivity index (χ0) is 9.19. The van der Waals surface area contributed by atoms with Crippen molar-refractivity contribution in [1.82, 2.24) is 0 Å². The molecule has 3 heteroatoms. The number of carbonyl (C=O) groups is 1. The molecule has 70 valence electrons. The molecule has 3 nitrogen and oxygen atoms in total. The van der Waals surface area contributed by atoms with Crippen LogP contribution < -0.4 is 5.73 Å². The molecule has 0 heterocycles. The maximum atomic E-state index is 10.8. The third-order valence-electron chi connectivity index (χ3n) is 2.93. The van der Waals surface area contributed by atoms with E-state index in [1.54, 1.807) is 0 Å². The maximum absolute atomic E-state index is 10.8. The molecule has 0 saturated heterocycles. The van der Waals surface area contributed by atoms with Crippen molar-refractivity contribution >= 4 is 5.97 Å². The van der Waals surface area contributed by atoms with Crippen molar-refractivity contribution in [2.75, 3.05) is 0 Å². The Labute approximate surface area is 72.9 Å². The normalized spacial score (nSPS) is 23.8. The van der Waals surface area contributed by atoms with Crippen LogP contribution in [-0.4, -0.2) is 16.6 Å². The first-order chi connectivity index (χ1) is 5.60. The molecule has 0 aromatic carbocycles. The molecule has 0 aromatic rings. The predicted octanol–water partition coefficient (Wildman–Crippen LogP) is 1.37. The monoisotopic (exact) mass is 171 g/mol.